The first kappa shape index (κ1) is 9.39. The summed E-state index contributed by atoms with van der Waals surface area (Å²) in [5.74, 6) is 0. The maximum atomic E-state index is 9.12. The van der Waals surface area contributed by atoms with Gasteiger partial charge in [0.25, 0.3) is 0 Å². The zero-order valence-corrected chi connectivity index (χ0v) is 8.21. The van der Waals surface area contributed by atoms with Crippen LogP contribution in [0, 0.1) is 4.77 Å². The minimum Gasteiger partial charge on any atom is -0.392 e. The van der Waals surface area contributed by atoms with Gasteiger partial charge in [-0.2, -0.15) is 0 Å². The van der Waals surface area contributed by atoms with Crippen molar-refractivity contribution in [1.82, 2.24) is 9.55 Å². The Morgan fingerprint density at radius 1 is 1.36 bits per heavy atom. The molecule has 1 aromatic carbocycles. The Balaban J connectivity index is 2.89. The molecule has 0 saturated heterocycles. The number of aromatic amines is 1. The molecule has 1 aromatic heterocycles. The molecule has 0 aliphatic carbocycles. The van der Waals surface area contributed by atoms with Gasteiger partial charge in [-0.05, 0) is 18.3 Å². The number of fused-ring (bicyclic) bond motifs is 1. The Hall–Kier alpha value is -1.17. The largest absolute Gasteiger partial charge is 0.392 e. The summed E-state index contributed by atoms with van der Waals surface area (Å²) >= 11 is 5.03. The predicted molar refractivity (Wildman–Crippen MR) is 55.3 cm³/mol. The van der Waals surface area contributed by atoms with E-state index in [1.807, 2.05) is 12.1 Å². The van der Waals surface area contributed by atoms with Crippen molar-refractivity contribution >= 4 is 23.3 Å². The molecule has 2 aromatic rings. The molecule has 0 fully saturated rings. The quantitative estimate of drug-likeness (QED) is 0.651. The Morgan fingerprint density at radius 2 is 2.14 bits per heavy atom. The Morgan fingerprint density at radius 3 is 2.79 bits per heavy atom. The lowest BCUT2D eigenvalue weighted by molar-refractivity contribution is 0.212. The second-order valence-electron chi connectivity index (χ2n) is 2.97. The molecular weight excluding hydrogens is 200 g/mol. The molecule has 0 atom stereocenters. The summed E-state index contributed by atoms with van der Waals surface area (Å²) in [5.41, 5.74) is 2.35. The Bertz CT molecular complexity index is 515. The number of para-hydroxylation sites is 1. The normalized spacial score (nSPS) is 11.0. The van der Waals surface area contributed by atoms with Crippen LogP contribution in [0.4, 0.5) is 0 Å². The van der Waals surface area contributed by atoms with Gasteiger partial charge in [0.2, 0.25) is 0 Å². The molecule has 0 saturated carbocycles. The van der Waals surface area contributed by atoms with Crippen LogP contribution in [-0.2, 0) is 13.3 Å². The van der Waals surface area contributed by atoms with E-state index in [4.69, 9.17) is 22.4 Å². The zero-order valence-electron chi connectivity index (χ0n) is 7.40. The van der Waals surface area contributed by atoms with Crippen molar-refractivity contribution < 1.29 is 10.2 Å². The van der Waals surface area contributed by atoms with Gasteiger partial charge in [-0.25, -0.2) is 0 Å². The van der Waals surface area contributed by atoms with Crippen LogP contribution in [0.25, 0.3) is 11.0 Å². The number of aliphatic hydroxyl groups is 2. The summed E-state index contributed by atoms with van der Waals surface area (Å²) in [5, 5.41) is 18.2. The van der Waals surface area contributed by atoms with Gasteiger partial charge in [-0.1, -0.05) is 12.1 Å². The molecule has 0 bridgehead atoms. The number of hydrogen-bond acceptors (Lipinski definition) is 3. The van der Waals surface area contributed by atoms with E-state index in [0.717, 1.165) is 16.6 Å². The third-order valence-corrected chi connectivity index (χ3v) is 2.51. The van der Waals surface area contributed by atoms with E-state index in [9.17, 15) is 0 Å². The summed E-state index contributed by atoms with van der Waals surface area (Å²) in [6.45, 7) is -0.250. The van der Waals surface area contributed by atoms with Gasteiger partial charge in [0.1, 0.15) is 6.73 Å². The standard InChI is InChI=1S/C9H10N2O2S/c12-4-6-2-1-3-7-8(6)11(5-13)9(14)10-7/h1-3,12-13H,4-5H2,(H,10,14). The lowest BCUT2D eigenvalue weighted by atomic mass is 10.2. The smallest absolute Gasteiger partial charge is 0.180 e. The summed E-state index contributed by atoms with van der Waals surface area (Å²) in [6.07, 6.45) is 0. The zero-order chi connectivity index (χ0) is 10.1. The van der Waals surface area contributed by atoms with Gasteiger partial charge in [-0.3, -0.25) is 4.57 Å². The van der Waals surface area contributed by atoms with Crippen LogP contribution < -0.4 is 0 Å². The molecule has 0 amide bonds. The second kappa shape index (κ2) is 3.53. The summed E-state index contributed by atoms with van der Waals surface area (Å²) in [6, 6.07) is 5.49. The van der Waals surface area contributed by atoms with Crippen LogP contribution in [-0.4, -0.2) is 19.8 Å². The second-order valence-corrected chi connectivity index (χ2v) is 3.36. The summed E-state index contributed by atoms with van der Waals surface area (Å²) in [4.78, 5) is 2.96. The summed E-state index contributed by atoms with van der Waals surface area (Å²) < 4.78 is 2.01. The summed E-state index contributed by atoms with van der Waals surface area (Å²) in [7, 11) is 0. The van der Waals surface area contributed by atoms with Crippen molar-refractivity contribution in [3.05, 3.63) is 28.5 Å². The Kier molecular flexibility index (Phi) is 2.37. The topological polar surface area (TPSA) is 61.2 Å². The number of aromatic nitrogens is 2. The van der Waals surface area contributed by atoms with E-state index in [2.05, 4.69) is 4.98 Å². The highest BCUT2D eigenvalue weighted by atomic mass is 32.1. The van der Waals surface area contributed by atoms with Crippen LogP contribution in [0.15, 0.2) is 18.2 Å². The lowest BCUT2D eigenvalue weighted by Gasteiger charge is -2.02. The van der Waals surface area contributed by atoms with Crippen molar-refractivity contribution in [2.24, 2.45) is 0 Å². The highest BCUT2D eigenvalue weighted by Gasteiger charge is 2.06. The van der Waals surface area contributed by atoms with Crippen LogP contribution in [0.2, 0.25) is 0 Å². The minimum atomic E-state index is -0.185. The van der Waals surface area contributed by atoms with E-state index in [0.29, 0.717) is 4.77 Å². The molecule has 0 aliphatic heterocycles. The van der Waals surface area contributed by atoms with Gasteiger partial charge in [0.15, 0.2) is 4.77 Å². The minimum absolute atomic E-state index is 0.0655. The third-order valence-electron chi connectivity index (χ3n) is 2.19. The van der Waals surface area contributed by atoms with Crippen molar-refractivity contribution in [1.29, 1.82) is 0 Å². The highest BCUT2D eigenvalue weighted by Crippen LogP contribution is 2.18. The molecule has 2 rings (SSSR count). The average Bonchev–Trinajstić information content (AvgIpc) is 2.52. The monoisotopic (exact) mass is 210 g/mol. The third kappa shape index (κ3) is 1.26. The number of rotatable bonds is 2. The van der Waals surface area contributed by atoms with Gasteiger partial charge < -0.3 is 15.2 Å². The van der Waals surface area contributed by atoms with Gasteiger partial charge in [-0.15, -0.1) is 0 Å². The van der Waals surface area contributed by atoms with Gasteiger partial charge in [0.05, 0.1) is 17.6 Å². The molecule has 0 radical (unpaired) electrons. The Labute approximate surface area is 85.4 Å². The van der Waals surface area contributed by atoms with E-state index in [1.165, 1.54) is 0 Å². The van der Waals surface area contributed by atoms with E-state index >= 15 is 0 Å². The molecule has 5 heteroatoms. The molecule has 0 unspecified atom stereocenters. The van der Waals surface area contributed by atoms with Crippen LogP contribution >= 0.6 is 12.2 Å². The van der Waals surface area contributed by atoms with Crippen molar-refractivity contribution in [3.8, 4) is 0 Å². The molecule has 74 valence electrons. The lowest BCUT2D eigenvalue weighted by Crippen LogP contribution is -1.98. The number of benzene rings is 1. The van der Waals surface area contributed by atoms with Crippen LogP contribution in [0.5, 0.6) is 0 Å². The van der Waals surface area contributed by atoms with E-state index < -0.39 is 0 Å². The maximum absolute atomic E-state index is 9.12. The van der Waals surface area contributed by atoms with Crippen molar-refractivity contribution in [3.63, 3.8) is 0 Å². The van der Waals surface area contributed by atoms with E-state index in [1.54, 1.807) is 10.6 Å². The van der Waals surface area contributed by atoms with E-state index in [-0.39, 0.29) is 13.3 Å². The van der Waals surface area contributed by atoms with Gasteiger partial charge >= 0.3 is 0 Å². The molecule has 14 heavy (non-hydrogen) atoms. The van der Waals surface area contributed by atoms with Crippen molar-refractivity contribution in [2.45, 2.75) is 13.3 Å². The number of nitrogens with one attached hydrogen (secondary N) is 1. The molecular formula is C9H10N2O2S. The number of nitrogens with zero attached hydrogens (tertiary/aromatic N) is 1. The van der Waals surface area contributed by atoms with Crippen LogP contribution in [0.1, 0.15) is 5.56 Å². The predicted octanol–water partition coefficient (Wildman–Crippen LogP) is 1.14. The highest BCUT2D eigenvalue weighted by molar-refractivity contribution is 7.71. The molecule has 1 heterocycles. The number of imidazole rings is 1. The molecule has 4 nitrogen and oxygen atoms in total. The number of aliphatic hydroxyl groups excluding tert-OH is 2. The van der Waals surface area contributed by atoms with Gasteiger partial charge in [0, 0.05) is 5.56 Å². The van der Waals surface area contributed by atoms with Crippen molar-refractivity contribution in [2.75, 3.05) is 0 Å². The average molecular weight is 210 g/mol. The fourth-order valence-electron chi connectivity index (χ4n) is 1.56. The fourth-order valence-corrected chi connectivity index (χ4v) is 1.82. The molecule has 0 spiro atoms. The maximum Gasteiger partial charge on any atom is 0.180 e. The first-order valence-corrected chi connectivity index (χ1v) is 4.61. The number of hydrogen-bond donors (Lipinski definition) is 3. The first-order valence-electron chi connectivity index (χ1n) is 4.20. The SMILES string of the molecule is OCc1cccc2[nH]c(=S)n(CO)c12. The molecule has 3 N–H and O–H groups in total. The first-order chi connectivity index (χ1) is 6.77. The number of H-pyrrole nitrogens is 1. The molecule has 0 aliphatic rings. The fraction of sp³-hybridized carbons (Fsp3) is 0.222. The van der Waals surface area contributed by atoms with Crippen LogP contribution in [0.3, 0.4) is 0 Å².